The number of sulfonamides is 1. The van der Waals surface area contributed by atoms with Crippen LogP contribution in [0.15, 0.2) is 0 Å². The molecular weight excluding hydrogens is 252 g/mol. The molecule has 1 heterocycles. The van der Waals surface area contributed by atoms with Crippen LogP contribution in [0, 0.1) is 0 Å². The Balaban J connectivity index is 2.43. The molecule has 0 spiro atoms. The van der Waals surface area contributed by atoms with Crippen molar-refractivity contribution in [2.45, 2.75) is 32.7 Å². The molecule has 1 aliphatic heterocycles. The van der Waals surface area contributed by atoms with Crippen LogP contribution in [-0.4, -0.2) is 69.3 Å². The van der Waals surface area contributed by atoms with Gasteiger partial charge in [0.1, 0.15) is 0 Å². The minimum Gasteiger partial charge on any atom is -0.383 e. The summed E-state index contributed by atoms with van der Waals surface area (Å²) in [5, 5.41) is 0. The van der Waals surface area contributed by atoms with Crippen molar-refractivity contribution in [3.63, 3.8) is 0 Å². The zero-order chi connectivity index (χ0) is 13.6. The first kappa shape index (κ1) is 15.9. The van der Waals surface area contributed by atoms with Gasteiger partial charge in [-0.3, -0.25) is 4.90 Å². The maximum Gasteiger partial charge on any atom is 0.214 e. The van der Waals surface area contributed by atoms with Crippen molar-refractivity contribution in [3.05, 3.63) is 0 Å². The van der Waals surface area contributed by atoms with Gasteiger partial charge in [0.2, 0.25) is 10.0 Å². The van der Waals surface area contributed by atoms with Crippen LogP contribution in [0.3, 0.4) is 0 Å². The second-order valence-corrected chi connectivity index (χ2v) is 7.00. The van der Waals surface area contributed by atoms with Gasteiger partial charge in [-0.25, -0.2) is 8.42 Å². The Morgan fingerprint density at radius 2 is 1.83 bits per heavy atom. The lowest BCUT2D eigenvalue weighted by Gasteiger charge is -2.37. The summed E-state index contributed by atoms with van der Waals surface area (Å²) in [6.45, 7) is 7.65. The van der Waals surface area contributed by atoms with E-state index in [4.69, 9.17) is 4.74 Å². The molecule has 0 N–H and O–H groups in total. The lowest BCUT2D eigenvalue weighted by atomic mass is 10.2. The van der Waals surface area contributed by atoms with Gasteiger partial charge in [-0.05, 0) is 13.3 Å². The topological polar surface area (TPSA) is 49.9 Å². The summed E-state index contributed by atoms with van der Waals surface area (Å²) in [4.78, 5) is 2.29. The molecule has 0 aromatic carbocycles. The number of hydrogen-bond donors (Lipinski definition) is 0. The minimum absolute atomic E-state index is 0.289. The van der Waals surface area contributed by atoms with E-state index in [1.54, 1.807) is 11.4 Å². The molecule has 1 rings (SSSR count). The fraction of sp³-hybridized carbons (Fsp3) is 1.00. The van der Waals surface area contributed by atoms with Crippen LogP contribution in [0.1, 0.15) is 26.7 Å². The van der Waals surface area contributed by atoms with Crippen LogP contribution in [-0.2, 0) is 14.8 Å². The number of nitrogens with zero attached hydrogens (tertiary/aromatic N) is 2. The van der Waals surface area contributed by atoms with Crippen LogP contribution in [0.4, 0.5) is 0 Å². The average Bonchev–Trinajstić information content (AvgIpc) is 2.37. The second kappa shape index (κ2) is 7.43. The van der Waals surface area contributed by atoms with Gasteiger partial charge >= 0.3 is 0 Å². The van der Waals surface area contributed by atoms with Crippen molar-refractivity contribution in [2.75, 3.05) is 45.6 Å². The standard InChI is InChI=1S/C12H26N2O3S/c1-4-5-10-18(15,16)14-8-6-13(7-9-14)12(2)11-17-3/h12H,4-11H2,1-3H3/t12-/m1/s1. The summed E-state index contributed by atoms with van der Waals surface area (Å²) in [5.41, 5.74) is 0. The monoisotopic (exact) mass is 278 g/mol. The Morgan fingerprint density at radius 3 is 2.33 bits per heavy atom. The SMILES string of the molecule is CCCCS(=O)(=O)N1CCN([C@H](C)COC)CC1. The van der Waals surface area contributed by atoms with E-state index in [1.807, 2.05) is 6.92 Å². The van der Waals surface area contributed by atoms with E-state index in [2.05, 4.69) is 11.8 Å². The molecule has 6 heteroatoms. The highest BCUT2D eigenvalue weighted by molar-refractivity contribution is 7.89. The molecule has 0 saturated carbocycles. The first-order valence-electron chi connectivity index (χ1n) is 6.72. The summed E-state index contributed by atoms with van der Waals surface area (Å²) in [7, 11) is -1.34. The van der Waals surface area contributed by atoms with Gasteiger partial charge in [0.15, 0.2) is 0 Å². The predicted octanol–water partition coefficient (Wildman–Crippen LogP) is 0.769. The summed E-state index contributed by atoms with van der Waals surface area (Å²) in [5.74, 6) is 0.289. The van der Waals surface area contributed by atoms with Crippen LogP contribution in [0.25, 0.3) is 0 Å². The number of piperazine rings is 1. The van der Waals surface area contributed by atoms with E-state index in [0.717, 1.165) is 25.9 Å². The minimum atomic E-state index is -3.03. The fourth-order valence-corrected chi connectivity index (χ4v) is 3.86. The van der Waals surface area contributed by atoms with Crippen molar-refractivity contribution in [1.29, 1.82) is 0 Å². The Bertz CT molecular complexity index is 324. The number of unbranched alkanes of at least 4 members (excludes halogenated alkanes) is 1. The van der Waals surface area contributed by atoms with Crippen molar-refractivity contribution >= 4 is 10.0 Å². The molecule has 0 bridgehead atoms. The van der Waals surface area contributed by atoms with Gasteiger partial charge in [0.05, 0.1) is 12.4 Å². The van der Waals surface area contributed by atoms with Crippen molar-refractivity contribution in [2.24, 2.45) is 0 Å². The molecule has 0 aromatic rings. The van der Waals surface area contributed by atoms with Gasteiger partial charge in [0, 0.05) is 39.3 Å². The molecule has 1 saturated heterocycles. The highest BCUT2D eigenvalue weighted by Gasteiger charge is 2.27. The van der Waals surface area contributed by atoms with Gasteiger partial charge in [-0.1, -0.05) is 13.3 Å². The van der Waals surface area contributed by atoms with Crippen molar-refractivity contribution in [1.82, 2.24) is 9.21 Å². The number of methoxy groups -OCH3 is 1. The molecule has 0 amide bonds. The predicted molar refractivity (Wildman–Crippen MR) is 73.2 cm³/mol. The third-order valence-electron chi connectivity index (χ3n) is 3.45. The van der Waals surface area contributed by atoms with E-state index in [0.29, 0.717) is 25.7 Å². The third-order valence-corrected chi connectivity index (χ3v) is 5.41. The Kier molecular flexibility index (Phi) is 6.55. The molecule has 0 radical (unpaired) electrons. The van der Waals surface area contributed by atoms with Gasteiger partial charge < -0.3 is 4.74 Å². The Morgan fingerprint density at radius 1 is 1.22 bits per heavy atom. The smallest absolute Gasteiger partial charge is 0.214 e. The van der Waals surface area contributed by atoms with Gasteiger partial charge in [-0.15, -0.1) is 0 Å². The van der Waals surface area contributed by atoms with Gasteiger partial charge in [0.25, 0.3) is 0 Å². The van der Waals surface area contributed by atoms with E-state index in [-0.39, 0.29) is 5.75 Å². The molecular formula is C12H26N2O3S. The average molecular weight is 278 g/mol. The lowest BCUT2D eigenvalue weighted by molar-refractivity contribution is 0.0766. The van der Waals surface area contributed by atoms with E-state index < -0.39 is 10.0 Å². The second-order valence-electron chi connectivity index (χ2n) is 4.91. The summed E-state index contributed by atoms with van der Waals surface area (Å²) >= 11 is 0. The molecule has 0 unspecified atom stereocenters. The number of hydrogen-bond acceptors (Lipinski definition) is 4. The maximum atomic E-state index is 12.0. The fourth-order valence-electron chi connectivity index (χ4n) is 2.22. The van der Waals surface area contributed by atoms with Crippen molar-refractivity contribution < 1.29 is 13.2 Å². The molecule has 1 aliphatic rings. The summed E-state index contributed by atoms with van der Waals surface area (Å²) in [6.07, 6.45) is 1.67. The van der Waals surface area contributed by atoms with Crippen LogP contribution in [0.5, 0.6) is 0 Å². The largest absolute Gasteiger partial charge is 0.383 e. The van der Waals surface area contributed by atoms with E-state index >= 15 is 0 Å². The molecule has 108 valence electrons. The molecule has 0 aromatic heterocycles. The van der Waals surface area contributed by atoms with Crippen LogP contribution in [0.2, 0.25) is 0 Å². The molecule has 1 fully saturated rings. The highest BCUT2D eigenvalue weighted by atomic mass is 32.2. The van der Waals surface area contributed by atoms with E-state index in [9.17, 15) is 8.42 Å². The summed E-state index contributed by atoms with van der Waals surface area (Å²) in [6, 6.07) is 0.357. The van der Waals surface area contributed by atoms with Crippen molar-refractivity contribution in [3.8, 4) is 0 Å². The third kappa shape index (κ3) is 4.50. The Labute approximate surface area is 111 Å². The van der Waals surface area contributed by atoms with Crippen LogP contribution >= 0.6 is 0 Å². The van der Waals surface area contributed by atoms with Crippen LogP contribution < -0.4 is 0 Å². The van der Waals surface area contributed by atoms with Gasteiger partial charge in [-0.2, -0.15) is 4.31 Å². The molecule has 5 nitrogen and oxygen atoms in total. The first-order valence-corrected chi connectivity index (χ1v) is 8.33. The lowest BCUT2D eigenvalue weighted by Crippen LogP contribution is -2.52. The van der Waals surface area contributed by atoms with E-state index in [1.165, 1.54) is 0 Å². The first-order chi connectivity index (χ1) is 8.51. The molecule has 1 atom stereocenters. The Hall–Kier alpha value is -0.170. The maximum absolute atomic E-state index is 12.0. The summed E-state index contributed by atoms with van der Waals surface area (Å²) < 4.78 is 30.8. The number of ether oxygens (including phenoxy) is 1. The molecule has 18 heavy (non-hydrogen) atoms. The quantitative estimate of drug-likeness (QED) is 0.690. The highest BCUT2D eigenvalue weighted by Crippen LogP contribution is 2.12. The zero-order valence-electron chi connectivity index (χ0n) is 11.8. The zero-order valence-corrected chi connectivity index (χ0v) is 12.6. The number of rotatable bonds is 7. The molecule has 0 aliphatic carbocycles. The normalized spacial score (nSPS) is 21.1.